The standard InChI is InChI=1S/C18H20N2O4S2/c1-3-16-18(21)19-15-11-14(9-10-17(15)25-16)26(22,23)20-12-5-7-13(8-6-12)24-4-2/h5-11,16,20H,3-4H2,1-2H3,(H,19,21). The predicted molar refractivity (Wildman–Crippen MR) is 103 cm³/mol. The average molecular weight is 393 g/mol. The minimum atomic E-state index is -3.76. The van der Waals surface area contributed by atoms with E-state index in [1.165, 1.54) is 17.8 Å². The summed E-state index contributed by atoms with van der Waals surface area (Å²) in [6.45, 7) is 4.37. The summed E-state index contributed by atoms with van der Waals surface area (Å²) < 4.78 is 33.2. The van der Waals surface area contributed by atoms with E-state index in [1.54, 1.807) is 36.4 Å². The number of rotatable bonds is 6. The van der Waals surface area contributed by atoms with E-state index in [9.17, 15) is 13.2 Å². The Morgan fingerprint density at radius 3 is 2.54 bits per heavy atom. The molecule has 2 aromatic rings. The van der Waals surface area contributed by atoms with Crippen molar-refractivity contribution in [3.8, 4) is 5.75 Å². The first-order chi connectivity index (χ1) is 12.4. The van der Waals surface area contributed by atoms with Gasteiger partial charge in [-0.3, -0.25) is 9.52 Å². The summed E-state index contributed by atoms with van der Waals surface area (Å²) in [5.41, 5.74) is 0.968. The maximum Gasteiger partial charge on any atom is 0.261 e. The summed E-state index contributed by atoms with van der Waals surface area (Å²) in [6.07, 6.45) is 0.718. The number of thioether (sulfide) groups is 1. The van der Waals surface area contributed by atoms with Crippen LogP contribution in [0.4, 0.5) is 11.4 Å². The molecule has 1 heterocycles. The third kappa shape index (κ3) is 3.96. The lowest BCUT2D eigenvalue weighted by atomic mass is 10.2. The summed E-state index contributed by atoms with van der Waals surface area (Å²) in [5, 5.41) is 2.64. The van der Waals surface area contributed by atoms with Gasteiger partial charge in [0.15, 0.2) is 0 Å². The van der Waals surface area contributed by atoms with E-state index in [0.29, 0.717) is 23.7 Å². The Kier molecular flexibility index (Phi) is 5.43. The van der Waals surface area contributed by atoms with E-state index >= 15 is 0 Å². The largest absolute Gasteiger partial charge is 0.494 e. The van der Waals surface area contributed by atoms with Gasteiger partial charge in [-0.15, -0.1) is 11.8 Å². The molecule has 26 heavy (non-hydrogen) atoms. The van der Waals surface area contributed by atoms with E-state index in [4.69, 9.17) is 4.74 Å². The number of fused-ring (bicyclic) bond motifs is 1. The zero-order valence-corrected chi connectivity index (χ0v) is 16.1. The molecule has 1 aliphatic heterocycles. The smallest absolute Gasteiger partial charge is 0.261 e. The number of ether oxygens (including phenoxy) is 1. The van der Waals surface area contributed by atoms with Crippen molar-refractivity contribution >= 4 is 39.1 Å². The Bertz CT molecular complexity index is 911. The third-order valence-corrected chi connectivity index (χ3v) is 6.69. The number of benzene rings is 2. The van der Waals surface area contributed by atoms with Crippen LogP contribution in [0.2, 0.25) is 0 Å². The number of amides is 1. The van der Waals surface area contributed by atoms with Crippen molar-refractivity contribution in [3.05, 3.63) is 42.5 Å². The second kappa shape index (κ2) is 7.59. The number of anilines is 2. The SMILES string of the molecule is CCOc1ccc(NS(=O)(=O)c2ccc3c(c2)NC(=O)C(CC)S3)cc1. The normalized spacial score (nSPS) is 16.5. The highest BCUT2D eigenvalue weighted by Gasteiger charge is 2.27. The van der Waals surface area contributed by atoms with Crippen molar-refractivity contribution in [2.24, 2.45) is 0 Å². The van der Waals surface area contributed by atoms with Gasteiger partial charge in [-0.25, -0.2) is 8.42 Å². The number of nitrogens with one attached hydrogen (secondary N) is 2. The molecule has 1 atom stereocenters. The van der Waals surface area contributed by atoms with E-state index in [2.05, 4.69) is 10.0 Å². The average Bonchev–Trinajstić information content (AvgIpc) is 2.62. The second-order valence-electron chi connectivity index (χ2n) is 5.72. The molecule has 0 aliphatic carbocycles. The fraction of sp³-hybridized carbons (Fsp3) is 0.278. The molecule has 1 aliphatic rings. The van der Waals surface area contributed by atoms with Crippen LogP contribution < -0.4 is 14.8 Å². The zero-order chi connectivity index (χ0) is 18.7. The van der Waals surface area contributed by atoms with Crippen LogP contribution in [0.1, 0.15) is 20.3 Å². The highest BCUT2D eigenvalue weighted by atomic mass is 32.2. The van der Waals surface area contributed by atoms with Crippen LogP contribution in [0.3, 0.4) is 0 Å². The third-order valence-electron chi connectivity index (χ3n) is 3.87. The quantitative estimate of drug-likeness (QED) is 0.783. The number of sulfonamides is 1. The van der Waals surface area contributed by atoms with Gasteiger partial charge in [0, 0.05) is 10.6 Å². The number of carbonyl (C=O) groups is 1. The lowest BCUT2D eigenvalue weighted by Gasteiger charge is -2.23. The molecule has 6 nitrogen and oxygen atoms in total. The molecule has 0 saturated heterocycles. The topological polar surface area (TPSA) is 84.5 Å². The van der Waals surface area contributed by atoms with Crippen molar-refractivity contribution in [2.75, 3.05) is 16.6 Å². The molecule has 0 fully saturated rings. The maximum absolute atomic E-state index is 12.6. The highest BCUT2D eigenvalue weighted by Crippen LogP contribution is 2.38. The fourth-order valence-electron chi connectivity index (χ4n) is 2.57. The second-order valence-corrected chi connectivity index (χ2v) is 8.65. The molecule has 1 unspecified atom stereocenters. The van der Waals surface area contributed by atoms with E-state index in [0.717, 1.165) is 11.3 Å². The molecule has 1 amide bonds. The molecular weight excluding hydrogens is 372 g/mol. The molecule has 2 N–H and O–H groups in total. The predicted octanol–water partition coefficient (Wildman–Crippen LogP) is 3.71. The van der Waals surface area contributed by atoms with Gasteiger partial charge in [0.25, 0.3) is 10.0 Å². The van der Waals surface area contributed by atoms with Crippen LogP contribution in [0, 0.1) is 0 Å². The minimum Gasteiger partial charge on any atom is -0.494 e. The van der Waals surface area contributed by atoms with Crippen LogP contribution in [-0.4, -0.2) is 26.2 Å². The van der Waals surface area contributed by atoms with Crippen molar-refractivity contribution in [1.82, 2.24) is 0 Å². The van der Waals surface area contributed by atoms with Gasteiger partial charge >= 0.3 is 0 Å². The van der Waals surface area contributed by atoms with Crippen LogP contribution in [-0.2, 0) is 14.8 Å². The molecule has 0 aromatic heterocycles. The zero-order valence-electron chi connectivity index (χ0n) is 14.5. The molecule has 0 radical (unpaired) electrons. The van der Waals surface area contributed by atoms with E-state index < -0.39 is 10.0 Å². The lowest BCUT2D eigenvalue weighted by molar-refractivity contribution is -0.115. The molecule has 0 spiro atoms. The van der Waals surface area contributed by atoms with Gasteiger partial charge in [0.2, 0.25) is 5.91 Å². The number of hydrogen-bond acceptors (Lipinski definition) is 5. The number of carbonyl (C=O) groups excluding carboxylic acids is 1. The van der Waals surface area contributed by atoms with Gasteiger partial charge in [-0.2, -0.15) is 0 Å². The Hall–Kier alpha value is -2.19. The van der Waals surface area contributed by atoms with Crippen LogP contribution in [0.5, 0.6) is 5.75 Å². The van der Waals surface area contributed by atoms with Gasteiger partial charge in [-0.1, -0.05) is 6.92 Å². The molecule has 8 heteroatoms. The summed E-state index contributed by atoms with van der Waals surface area (Å²) in [4.78, 5) is 13.0. The molecule has 0 saturated carbocycles. The first kappa shape index (κ1) is 18.6. The molecule has 0 bridgehead atoms. The molecule has 2 aromatic carbocycles. The van der Waals surface area contributed by atoms with Crippen molar-refractivity contribution in [3.63, 3.8) is 0 Å². The molecule has 138 valence electrons. The summed E-state index contributed by atoms with van der Waals surface area (Å²) >= 11 is 1.45. The van der Waals surface area contributed by atoms with Gasteiger partial charge < -0.3 is 10.1 Å². The fourth-order valence-corrected chi connectivity index (χ4v) is 4.67. The minimum absolute atomic E-state index is 0.0981. The summed E-state index contributed by atoms with van der Waals surface area (Å²) in [7, 11) is -3.76. The Morgan fingerprint density at radius 1 is 1.15 bits per heavy atom. The monoisotopic (exact) mass is 392 g/mol. The molecule has 3 rings (SSSR count). The first-order valence-corrected chi connectivity index (χ1v) is 10.7. The van der Waals surface area contributed by atoms with Crippen molar-refractivity contribution < 1.29 is 17.9 Å². The van der Waals surface area contributed by atoms with Crippen LogP contribution >= 0.6 is 11.8 Å². The van der Waals surface area contributed by atoms with Gasteiger partial charge in [0.1, 0.15) is 5.75 Å². The van der Waals surface area contributed by atoms with Crippen molar-refractivity contribution in [1.29, 1.82) is 0 Å². The van der Waals surface area contributed by atoms with Crippen molar-refractivity contribution in [2.45, 2.75) is 35.3 Å². The van der Waals surface area contributed by atoms with E-state index in [1.807, 2.05) is 13.8 Å². The van der Waals surface area contributed by atoms with E-state index in [-0.39, 0.29) is 16.1 Å². The Morgan fingerprint density at radius 2 is 1.88 bits per heavy atom. The van der Waals surface area contributed by atoms with Crippen LogP contribution in [0.25, 0.3) is 0 Å². The van der Waals surface area contributed by atoms with Gasteiger partial charge in [-0.05, 0) is 55.8 Å². The maximum atomic E-state index is 12.6. The number of hydrogen-bond donors (Lipinski definition) is 2. The highest BCUT2D eigenvalue weighted by molar-refractivity contribution is 8.01. The first-order valence-electron chi connectivity index (χ1n) is 8.30. The van der Waals surface area contributed by atoms with Gasteiger partial charge in [0.05, 0.1) is 22.4 Å². The Balaban J connectivity index is 1.81. The van der Waals surface area contributed by atoms with Crippen LogP contribution in [0.15, 0.2) is 52.3 Å². The Labute approximate surface area is 157 Å². The lowest BCUT2D eigenvalue weighted by Crippen LogP contribution is -2.28. The molecular formula is C18H20N2O4S2. The summed E-state index contributed by atoms with van der Waals surface area (Å²) in [5.74, 6) is 0.577. The summed E-state index contributed by atoms with van der Waals surface area (Å²) in [6, 6.07) is 11.5.